The van der Waals surface area contributed by atoms with E-state index < -0.39 is 34.8 Å². The number of nitrogens with one attached hydrogen (secondary N) is 1. The summed E-state index contributed by atoms with van der Waals surface area (Å²) in [6, 6.07) is 26.3. The number of carboxylic acids is 1. The van der Waals surface area contributed by atoms with Gasteiger partial charge in [-0.05, 0) is 34.7 Å². The third kappa shape index (κ3) is 5.05. The number of carbonyl (C=O) groups is 2. The van der Waals surface area contributed by atoms with Gasteiger partial charge in [-0.25, -0.2) is 18.4 Å². The maximum Gasteiger partial charge on any atom is 0.408 e. The average molecular weight is 530 g/mol. The van der Waals surface area contributed by atoms with Gasteiger partial charge in [0.15, 0.2) is 5.54 Å². The van der Waals surface area contributed by atoms with Gasteiger partial charge >= 0.3 is 12.1 Å². The van der Waals surface area contributed by atoms with Gasteiger partial charge in [0, 0.05) is 18.1 Å². The number of benzene rings is 4. The van der Waals surface area contributed by atoms with Gasteiger partial charge in [-0.1, -0.05) is 78.9 Å². The molecule has 0 aliphatic heterocycles. The number of carboxylic acid groups (broad SMARTS) is 1. The van der Waals surface area contributed by atoms with Crippen molar-refractivity contribution >= 4 is 12.1 Å². The van der Waals surface area contributed by atoms with Crippen molar-refractivity contribution in [2.75, 3.05) is 6.61 Å². The molecular formula is C31H25F2NO5. The fourth-order valence-electron chi connectivity index (χ4n) is 4.91. The summed E-state index contributed by atoms with van der Waals surface area (Å²) in [5.74, 6) is -4.41. The number of rotatable bonds is 8. The molecule has 1 aliphatic rings. The van der Waals surface area contributed by atoms with E-state index in [9.17, 15) is 14.7 Å². The van der Waals surface area contributed by atoms with Crippen molar-refractivity contribution < 1.29 is 33.0 Å². The van der Waals surface area contributed by atoms with E-state index in [4.69, 9.17) is 9.47 Å². The molecule has 4 aromatic rings. The summed E-state index contributed by atoms with van der Waals surface area (Å²) in [5.41, 5.74) is 1.48. The number of ether oxygens (including phenoxy) is 2. The number of halogens is 2. The lowest BCUT2D eigenvalue weighted by Crippen LogP contribution is -2.51. The molecule has 1 amide bonds. The summed E-state index contributed by atoms with van der Waals surface area (Å²) in [4.78, 5) is 25.0. The van der Waals surface area contributed by atoms with Crippen LogP contribution < -0.4 is 10.1 Å². The zero-order valence-corrected chi connectivity index (χ0v) is 21.0. The van der Waals surface area contributed by atoms with Crippen LogP contribution in [0.1, 0.15) is 35.1 Å². The Hall–Kier alpha value is -4.72. The minimum absolute atomic E-state index is 0.0628. The highest BCUT2D eigenvalue weighted by Crippen LogP contribution is 2.44. The zero-order chi connectivity index (χ0) is 27.6. The molecule has 0 saturated carbocycles. The van der Waals surface area contributed by atoms with E-state index in [0.29, 0.717) is 0 Å². The number of hydrogen-bond acceptors (Lipinski definition) is 4. The maximum atomic E-state index is 15.1. The second-order valence-corrected chi connectivity index (χ2v) is 9.42. The van der Waals surface area contributed by atoms with Crippen molar-refractivity contribution in [1.82, 2.24) is 5.32 Å². The van der Waals surface area contributed by atoms with E-state index in [-0.39, 0.29) is 24.9 Å². The summed E-state index contributed by atoms with van der Waals surface area (Å²) >= 11 is 0. The maximum absolute atomic E-state index is 15.1. The number of fused-ring (bicyclic) bond motifs is 3. The Bertz CT molecular complexity index is 1470. The highest BCUT2D eigenvalue weighted by molar-refractivity contribution is 5.86. The largest absolute Gasteiger partial charge is 0.489 e. The molecule has 0 unspecified atom stereocenters. The Morgan fingerprint density at radius 1 is 0.872 bits per heavy atom. The van der Waals surface area contributed by atoms with Crippen molar-refractivity contribution in [3.63, 3.8) is 0 Å². The molecule has 4 aromatic carbocycles. The third-order valence-electron chi connectivity index (χ3n) is 6.89. The van der Waals surface area contributed by atoms with E-state index in [0.717, 1.165) is 46.9 Å². The van der Waals surface area contributed by atoms with Crippen LogP contribution in [0.25, 0.3) is 11.1 Å². The molecule has 0 saturated heterocycles. The van der Waals surface area contributed by atoms with Crippen molar-refractivity contribution in [3.05, 3.63) is 125 Å². The van der Waals surface area contributed by atoms with Crippen LogP contribution in [0.5, 0.6) is 5.75 Å². The van der Waals surface area contributed by atoms with Crippen LogP contribution in [-0.2, 0) is 21.7 Å². The number of aliphatic carboxylic acids is 1. The van der Waals surface area contributed by atoms with Gasteiger partial charge in [-0.15, -0.1) is 0 Å². The number of alkyl carbamates (subject to hydrolysis) is 1. The first-order valence-electron chi connectivity index (χ1n) is 12.3. The van der Waals surface area contributed by atoms with E-state index in [2.05, 4.69) is 5.32 Å². The summed E-state index contributed by atoms with van der Waals surface area (Å²) in [7, 11) is 0. The average Bonchev–Trinajstić information content (AvgIpc) is 3.24. The first kappa shape index (κ1) is 25.9. The molecular weight excluding hydrogens is 504 g/mol. The van der Waals surface area contributed by atoms with E-state index in [1.54, 1.807) is 24.3 Å². The topological polar surface area (TPSA) is 84.9 Å². The molecule has 0 aromatic heterocycles. The minimum Gasteiger partial charge on any atom is -0.489 e. The van der Waals surface area contributed by atoms with Crippen molar-refractivity contribution in [2.24, 2.45) is 0 Å². The normalized spacial score (nSPS) is 13.6. The molecule has 8 heteroatoms. The molecule has 0 bridgehead atoms. The van der Waals surface area contributed by atoms with Gasteiger partial charge in [0.1, 0.15) is 30.6 Å². The second kappa shape index (κ2) is 10.6. The van der Waals surface area contributed by atoms with Crippen LogP contribution >= 0.6 is 0 Å². The Morgan fingerprint density at radius 2 is 1.41 bits per heavy atom. The molecule has 0 fully saturated rings. The Labute approximate surface area is 223 Å². The smallest absolute Gasteiger partial charge is 0.408 e. The van der Waals surface area contributed by atoms with Gasteiger partial charge in [0.2, 0.25) is 0 Å². The quantitative estimate of drug-likeness (QED) is 0.277. The molecule has 1 aliphatic carbocycles. The molecule has 5 rings (SSSR count). The molecule has 0 spiro atoms. The van der Waals surface area contributed by atoms with E-state index in [1.807, 2.05) is 54.6 Å². The lowest BCUT2D eigenvalue weighted by atomic mass is 9.91. The molecule has 1 atom stereocenters. The molecule has 0 radical (unpaired) electrons. The highest BCUT2D eigenvalue weighted by atomic mass is 19.1. The predicted octanol–water partition coefficient (Wildman–Crippen LogP) is 6.38. The van der Waals surface area contributed by atoms with Crippen LogP contribution in [0.15, 0.2) is 91.0 Å². The van der Waals surface area contributed by atoms with Gasteiger partial charge in [-0.3, -0.25) is 0 Å². The van der Waals surface area contributed by atoms with Gasteiger partial charge in [0.25, 0.3) is 0 Å². The van der Waals surface area contributed by atoms with Crippen LogP contribution in [0.2, 0.25) is 0 Å². The summed E-state index contributed by atoms with van der Waals surface area (Å²) < 4.78 is 41.2. The number of hydrogen-bond donors (Lipinski definition) is 2. The van der Waals surface area contributed by atoms with Crippen LogP contribution in [-0.4, -0.2) is 23.8 Å². The zero-order valence-electron chi connectivity index (χ0n) is 21.0. The number of carbonyl (C=O) groups excluding carboxylic acids is 1. The fraction of sp³-hybridized carbons (Fsp3) is 0.161. The van der Waals surface area contributed by atoms with Crippen molar-refractivity contribution in [3.8, 4) is 16.9 Å². The second-order valence-electron chi connectivity index (χ2n) is 9.42. The van der Waals surface area contributed by atoms with Crippen LogP contribution in [0, 0.1) is 11.6 Å². The minimum atomic E-state index is -2.45. The van der Waals surface area contributed by atoms with Gasteiger partial charge in [0.05, 0.1) is 5.56 Å². The van der Waals surface area contributed by atoms with Gasteiger partial charge in [-0.2, -0.15) is 0 Å². The summed E-state index contributed by atoms with van der Waals surface area (Å²) in [6.07, 6.45) is -1.12. The first-order valence-corrected chi connectivity index (χ1v) is 12.3. The lowest BCUT2D eigenvalue weighted by Gasteiger charge is -2.27. The summed E-state index contributed by atoms with van der Waals surface area (Å²) in [6.45, 7) is 0.975. The third-order valence-corrected chi connectivity index (χ3v) is 6.89. The van der Waals surface area contributed by atoms with E-state index in [1.165, 1.54) is 0 Å². The molecule has 0 heterocycles. The van der Waals surface area contributed by atoms with Crippen LogP contribution in [0.4, 0.5) is 13.6 Å². The van der Waals surface area contributed by atoms with Crippen molar-refractivity contribution in [1.29, 1.82) is 0 Å². The molecule has 2 N–H and O–H groups in total. The van der Waals surface area contributed by atoms with Crippen LogP contribution in [0.3, 0.4) is 0 Å². The molecule has 39 heavy (non-hydrogen) atoms. The van der Waals surface area contributed by atoms with Gasteiger partial charge < -0.3 is 19.9 Å². The SMILES string of the molecule is C[C@@](NC(=O)OCC1c2ccccc2-c2ccccc21)(C(=O)O)c1c(F)cc(OCc2ccccc2)cc1F. The Balaban J connectivity index is 1.32. The first-order chi connectivity index (χ1) is 18.8. The van der Waals surface area contributed by atoms with Crippen molar-refractivity contribution in [2.45, 2.75) is 25.0 Å². The lowest BCUT2D eigenvalue weighted by molar-refractivity contribution is -0.144. The molecule has 6 nitrogen and oxygen atoms in total. The predicted molar refractivity (Wildman–Crippen MR) is 140 cm³/mol. The highest BCUT2D eigenvalue weighted by Gasteiger charge is 2.43. The Morgan fingerprint density at radius 3 is 1.97 bits per heavy atom. The van der Waals surface area contributed by atoms with E-state index >= 15 is 8.78 Å². The standard InChI is InChI=1S/C31H25F2NO5/c1-31(29(35)36,28-26(32)15-20(16-27(28)33)38-17-19-9-3-2-4-10-19)34-30(37)39-18-25-23-13-7-5-11-21(23)22-12-6-8-14-24(22)25/h2-16,25H,17-18H2,1H3,(H,34,37)(H,35,36)/t31-/m0/s1. The summed E-state index contributed by atoms with van der Waals surface area (Å²) in [5, 5.41) is 12.1. The monoisotopic (exact) mass is 529 g/mol. The molecule has 198 valence electrons. The Kier molecular flexibility index (Phi) is 7.02. The fourth-order valence-corrected chi connectivity index (χ4v) is 4.91. The number of amides is 1.